The lowest BCUT2D eigenvalue weighted by molar-refractivity contribution is -0.139. The van der Waals surface area contributed by atoms with E-state index in [0.29, 0.717) is 52.7 Å². The molecule has 1 amide bonds. The van der Waals surface area contributed by atoms with Crippen LogP contribution in [-0.4, -0.2) is 66.4 Å². The zero-order chi connectivity index (χ0) is 29.1. The van der Waals surface area contributed by atoms with Gasteiger partial charge in [-0.15, -0.1) is 0 Å². The first-order valence-electron chi connectivity index (χ1n) is 12.8. The van der Waals surface area contributed by atoms with E-state index in [-0.39, 0.29) is 30.2 Å². The van der Waals surface area contributed by atoms with E-state index in [1.165, 1.54) is 7.05 Å². The number of carboxylic acid groups (broad SMARTS) is 1. The van der Waals surface area contributed by atoms with E-state index in [0.717, 1.165) is 5.56 Å². The molecular weight excluding hydrogens is 502 g/mol. The van der Waals surface area contributed by atoms with Crippen molar-refractivity contribution in [2.75, 3.05) is 26.8 Å². The fraction of sp³-hybridized carbons (Fsp3) is 0.448. The Hall–Kier alpha value is -4.08. The molecule has 10 heteroatoms. The Morgan fingerprint density at radius 1 is 1.10 bits per heavy atom. The van der Waals surface area contributed by atoms with E-state index in [4.69, 9.17) is 19.6 Å². The van der Waals surface area contributed by atoms with Gasteiger partial charge < -0.3 is 29.5 Å². The zero-order valence-corrected chi connectivity index (χ0v) is 23.6. The number of amidine groups is 1. The third kappa shape index (κ3) is 6.68. The van der Waals surface area contributed by atoms with Gasteiger partial charge >= 0.3 is 5.97 Å². The maximum absolute atomic E-state index is 13.6. The molecule has 3 rings (SSSR count). The molecule has 0 aromatic heterocycles. The fourth-order valence-corrected chi connectivity index (χ4v) is 4.36. The summed E-state index contributed by atoms with van der Waals surface area (Å²) in [7, 11) is 1.53. The topological polar surface area (TPSA) is 138 Å². The average molecular weight is 540 g/mol. The van der Waals surface area contributed by atoms with Crippen LogP contribution >= 0.6 is 0 Å². The molecule has 3 N–H and O–H groups in total. The average Bonchev–Trinajstić information content (AvgIpc) is 3.14. The molecule has 2 aromatic carbocycles. The van der Waals surface area contributed by atoms with Gasteiger partial charge in [0, 0.05) is 30.3 Å². The van der Waals surface area contributed by atoms with Gasteiger partial charge in [-0.25, -0.2) is 4.79 Å². The normalized spacial score (nSPS) is 12.8. The molecule has 0 atom stereocenters. The molecule has 0 spiro atoms. The number of carboxylic acids is 1. The van der Waals surface area contributed by atoms with Crippen molar-refractivity contribution in [3.05, 3.63) is 52.1 Å². The van der Waals surface area contributed by atoms with Crippen LogP contribution in [0.4, 0.5) is 0 Å². The first-order valence-corrected chi connectivity index (χ1v) is 12.8. The van der Waals surface area contributed by atoms with Crippen molar-refractivity contribution in [3.8, 4) is 17.2 Å². The standard InChI is InChI=1S/C29H37N3O7/c1-8-37-23-11-18-13-32(27(30)19(18)12-20(23)28(36)31-7)14-22(33)17-9-21(29(4,5)6)26(38-15-25(34)35)24(10-17)39-16(2)3/h9-12,16,30H,8,13-15H2,1-7H3,(H,31,36)(H,34,35). The van der Waals surface area contributed by atoms with Gasteiger partial charge in [-0.3, -0.25) is 15.0 Å². The van der Waals surface area contributed by atoms with Gasteiger partial charge in [0.15, 0.2) is 23.9 Å². The second-order valence-corrected chi connectivity index (χ2v) is 10.6. The number of carbonyl (C=O) groups excluding carboxylic acids is 2. The van der Waals surface area contributed by atoms with E-state index in [2.05, 4.69) is 5.32 Å². The molecular formula is C29H37N3O7. The summed E-state index contributed by atoms with van der Waals surface area (Å²) in [6.07, 6.45) is -0.245. The third-order valence-electron chi connectivity index (χ3n) is 6.13. The van der Waals surface area contributed by atoms with Gasteiger partial charge in [0.05, 0.1) is 24.8 Å². The number of ether oxygens (including phenoxy) is 3. The van der Waals surface area contributed by atoms with Crippen LogP contribution in [0.25, 0.3) is 0 Å². The number of hydrogen-bond acceptors (Lipinski definition) is 7. The van der Waals surface area contributed by atoms with Crippen molar-refractivity contribution >= 4 is 23.5 Å². The summed E-state index contributed by atoms with van der Waals surface area (Å²) >= 11 is 0. The van der Waals surface area contributed by atoms with Crippen LogP contribution < -0.4 is 19.5 Å². The molecule has 2 aromatic rings. The van der Waals surface area contributed by atoms with Crippen molar-refractivity contribution in [2.45, 2.75) is 59.6 Å². The molecule has 0 aliphatic carbocycles. The number of rotatable bonds is 11. The number of amides is 1. The Morgan fingerprint density at radius 2 is 1.79 bits per heavy atom. The third-order valence-corrected chi connectivity index (χ3v) is 6.13. The SMILES string of the molecule is CCOc1cc2c(cc1C(=O)NC)C(=N)N(CC(=O)c1cc(OC(C)C)c(OCC(=O)O)c(C(C)(C)C)c1)C2. The molecule has 39 heavy (non-hydrogen) atoms. The summed E-state index contributed by atoms with van der Waals surface area (Å²) in [6.45, 7) is 11.4. The molecule has 210 valence electrons. The van der Waals surface area contributed by atoms with Gasteiger partial charge in [0.1, 0.15) is 11.6 Å². The highest BCUT2D eigenvalue weighted by Crippen LogP contribution is 2.41. The Morgan fingerprint density at radius 3 is 2.36 bits per heavy atom. The van der Waals surface area contributed by atoms with Crippen molar-refractivity contribution in [3.63, 3.8) is 0 Å². The van der Waals surface area contributed by atoms with Crippen LogP contribution in [-0.2, 0) is 16.8 Å². The minimum Gasteiger partial charge on any atom is -0.493 e. The Labute approximate surface area is 228 Å². The summed E-state index contributed by atoms with van der Waals surface area (Å²) in [4.78, 5) is 38.8. The first kappa shape index (κ1) is 29.5. The summed E-state index contributed by atoms with van der Waals surface area (Å²) < 4.78 is 17.2. The van der Waals surface area contributed by atoms with Crippen LogP contribution in [0.1, 0.15) is 78.9 Å². The number of nitrogens with zero attached hydrogens (tertiary/aromatic N) is 1. The molecule has 0 bridgehead atoms. The molecule has 0 saturated carbocycles. The molecule has 0 saturated heterocycles. The summed E-state index contributed by atoms with van der Waals surface area (Å²) in [6, 6.07) is 6.66. The van der Waals surface area contributed by atoms with E-state index in [1.54, 1.807) is 29.2 Å². The Balaban J connectivity index is 1.96. The van der Waals surface area contributed by atoms with E-state index < -0.39 is 18.0 Å². The van der Waals surface area contributed by atoms with Crippen molar-refractivity contribution in [2.24, 2.45) is 0 Å². The van der Waals surface area contributed by atoms with E-state index in [1.807, 2.05) is 41.5 Å². The van der Waals surface area contributed by atoms with Gasteiger partial charge in [0.2, 0.25) is 0 Å². The van der Waals surface area contributed by atoms with Crippen LogP contribution in [0.2, 0.25) is 0 Å². The summed E-state index contributed by atoms with van der Waals surface area (Å²) in [5.41, 5.74) is 2.21. The molecule has 1 aliphatic heterocycles. The Bertz CT molecular complexity index is 1290. The van der Waals surface area contributed by atoms with Crippen molar-refractivity contribution in [1.82, 2.24) is 10.2 Å². The van der Waals surface area contributed by atoms with Gasteiger partial charge in [-0.1, -0.05) is 20.8 Å². The predicted octanol–water partition coefficient (Wildman–Crippen LogP) is 4.02. The molecule has 0 fully saturated rings. The quantitative estimate of drug-likeness (QED) is 0.364. The molecule has 0 radical (unpaired) electrons. The van der Waals surface area contributed by atoms with Crippen molar-refractivity contribution < 1.29 is 33.7 Å². The number of fused-ring (bicyclic) bond motifs is 1. The van der Waals surface area contributed by atoms with Crippen LogP contribution in [0.15, 0.2) is 24.3 Å². The highest BCUT2D eigenvalue weighted by molar-refractivity contribution is 6.07. The largest absolute Gasteiger partial charge is 0.493 e. The number of carbonyl (C=O) groups is 3. The number of ketones is 1. The van der Waals surface area contributed by atoms with Gasteiger partial charge in [-0.2, -0.15) is 0 Å². The first-order chi connectivity index (χ1) is 18.3. The predicted molar refractivity (Wildman–Crippen MR) is 147 cm³/mol. The lowest BCUT2D eigenvalue weighted by Gasteiger charge is -2.26. The monoisotopic (exact) mass is 539 g/mol. The van der Waals surface area contributed by atoms with E-state index >= 15 is 0 Å². The lowest BCUT2D eigenvalue weighted by Crippen LogP contribution is -2.30. The maximum atomic E-state index is 13.6. The molecule has 1 aliphatic rings. The van der Waals surface area contributed by atoms with Crippen LogP contribution in [0.3, 0.4) is 0 Å². The minimum absolute atomic E-state index is 0.0766. The zero-order valence-electron chi connectivity index (χ0n) is 23.6. The number of aliphatic carboxylic acids is 1. The summed E-state index contributed by atoms with van der Waals surface area (Å²) in [5, 5.41) is 20.5. The molecule has 10 nitrogen and oxygen atoms in total. The number of benzene rings is 2. The highest BCUT2D eigenvalue weighted by atomic mass is 16.5. The minimum atomic E-state index is -1.12. The smallest absolute Gasteiger partial charge is 0.341 e. The molecule has 1 heterocycles. The molecule has 0 unspecified atom stereocenters. The second-order valence-electron chi connectivity index (χ2n) is 10.6. The number of nitrogens with one attached hydrogen (secondary N) is 2. The van der Waals surface area contributed by atoms with Gasteiger partial charge in [-0.05, 0) is 56.0 Å². The fourth-order valence-electron chi connectivity index (χ4n) is 4.36. The second kappa shape index (κ2) is 11.8. The maximum Gasteiger partial charge on any atom is 0.341 e. The lowest BCUT2D eigenvalue weighted by atomic mass is 9.84. The highest BCUT2D eigenvalue weighted by Gasteiger charge is 2.31. The van der Waals surface area contributed by atoms with E-state index in [9.17, 15) is 19.5 Å². The van der Waals surface area contributed by atoms with Crippen LogP contribution in [0, 0.1) is 5.41 Å². The number of Topliss-reactive ketones (excluding diaryl/α,β-unsaturated/α-hetero) is 1. The Kier molecular flexibility index (Phi) is 8.88. The summed E-state index contributed by atoms with van der Waals surface area (Å²) in [5.74, 6) is -0.527. The van der Waals surface area contributed by atoms with Gasteiger partial charge in [0.25, 0.3) is 5.91 Å². The van der Waals surface area contributed by atoms with Crippen molar-refractivity contribution in [1.29, 1.82) is 5.41 Å². The number of hydrogen-bond donors (Lipinski definition) is 3. The van der Waals surface area contributed by atoms with Crippen LogP contribution in [0.5, 0.6) is 17.2 Å².